The molecule has 0 bridgehead atoms. The number of nitrogens with zero attached hydrogens (tertiary/aromatic N) is 1. The minimum atomic E-state index is -1.11. The Bertz CT molecular complexity index is 1290. The number of anilines is 1. The molecule has 5 nitrogen and oxygen atoms in total. The molecule has 142 valence electrons. The summed E-state index contributed by atoms with van der Waals surface area (Å²) in [4.78, 5) is 28.5. The smallest absolute Gasteiger partial charge is 0.337 e. The summed E-state index contributed by atoms with van der Waals surface area (Å²) in [7, 11) is 0. The molecule has 0 fully saturated rings. The summed E-state index contributed by atoms with van der Waals surface area (Å²) in [6, 6.07) is 20.5. The molecule has 1 heterocycles. The molecule has 1 aromatic heterocycles. The molecule has 0 aliphatic carbocycles. The van der Waals surface area contributed by atoms with Crippen LogP contribution in [-0.2, 0) is 4.79 Å². The average molecular weight is 382 g/mol. The molecule has 0 aliphatic rings. The predicted molar refractivity (Wildman–Crippen MR) is 115 cm³/mol. The Hall–Kier alpha value is -3.99. The topological polar surface area (TPSA) is 79.3 Å². The van der Waals surface area contributed by atoms with E-state index in [0.29, 0.717) is 10.9 Å². The van der Waals surface area contributed by atoms with Crippen molar-refractivity contribution in [1.82, 2.24) is 4.98 Å². The molecule has 0 atom stereocenters. The number of carbonyl (C=O) groups excluding carboxylic acids is 1. The van der Waals surface area contributed by atoms with Crippen LogP contribution in [-0.4, -0.2) is 22.0 Å². The monoisotopic (exact) mass is 382 g/mol. The van der Waals surface area contributed by atoms with Crippen molar-refractivity contribution in [3.63, 3.8) is 0 Å². The zero-order chi connectivity index (χ0) is 20.4. The van der Waals surface area contributed by atoms with Crippen LogP contribution in [0.2, 0.25) is 0 Å². The zero-order valence-corrected chi connectivity index (χ0v) is 15.7. The van der Waals surface area contributed by atoms with E-state index < -0.39 is 11.9 Å². The number of fused-ring (bicyclic) bond motifs is 2. The lowest BCUT2D eigenvalue weighted by Crippen LogP contribution is -2.13. The zero-order valence-electron chi connectivity index (χ0n) is 15.7. The minimum absolute atomic E-state index is 0.0237. The number of hydrogen-bond donors (Lipinski definition) is 2. The maximum absolute atomic E-state index is 12.7. The highest BCUT2D eigenvalue weighted by Gasteiger charge is 2.15. The van der Waals surface area contributed by atoms with E-state index in [-0.39, 0.29) is 11.3 Å². The fraction of sp³-hybridized carbons (Fsp3) is 0.0417. The molecule has 4 aromatic rings. The third-order valence-corrected chi connectivity index (χ3v) is 4.82. The van der Waals surface area contributed by atoms with E-state index in [1.807, 2.05) is 49.4 Å². The number of carboxylic acid groups (broad SMARTS) is 1. The van der Waals surface area contributed by atoms with E-state index in [1.165, 1.54) is 12.1 Å². The van der Waals surface area contributed by atoms with Crippen LogP contribution in [0.5, 0.6) is 0 Å². The van der Waals surface area contributed by atoms with Gasteiger partial charge in [-0.25, -0.2) is 4.79 Å². The maximum Gasteiger partial charge on any atom is 0.337 e. The van der Waals surface area contributed by atoms with Crippen LogP contribution in [0.25, 0.3) is 27.2 Å². The van der Waals surface area contributed by atoms with E-state index in [0.717, 1.165) is 21.9 Å². The summed E-state index contributed by atoms with van der Waals surface area (Å²) in [6.07, 6.45) is 3.10. The first-order valence-electron chi connectivity index (χ1n) is 9.12. The van der Waals surface area contributed by atoms with E-state index in [2.05, 4.69) is 10.3 Å². The number of rotatable bonds is 4. The van der Waals surface area contributed by atoms with Gasteiger partial charge in [0.1, 0.15) is 0 Å². The fourth-order valence-corrected chi connectivity index (χ4v) is 3.34. The van der Waals surface area contributed by atoms with Crippen molar-refractivity contribution in [3.05, 3.63) is 90.1 Å². The van der Waals surface area contributed by atoms with Crippen molar-refractivity contribution in [2.45, 2.75) is 6.92 Å². The molecule has 0 radical (unpaired) electrons. The summed E-state index contributed by atoms with van der Waals surface area (Å²) < 4.78 is 0. The predicted octanol–water partition coefficient (Wildman–Crippen LogP) is 5.13. The van der Waals surface area contributed by atoms with Crippen LogP contribution in [0, 0.1) is 0 Å². The fourth-order valence-electron chi connectivity index (χ4n) is 3.34. The molecule has 5 heteroatoms. The Morgan fingerprint density at radius 3 is 2.55 bits per heavy atom. The summed E-state index contributed by atoms with van der Waals surface area (Å²) >= 11 is 0. The SMILES string of the molecule is CC(=CC(=O)Nc1c(C(=O)O)ccc2ncccc12)c1ccc2ccccc2c1. The number of benzene rings is 3. The third kappa shape index (κ3) is 3.71. The lowest BCUT2D eigenvalue weighted by Gasteiger charge is -2.11. The third-order valence-electron chi connectivity index (χ3n) is 4.82. The van der Waals surface area contributed by atoms with Gasteiger partial charge in [0.05, 0.1) is 16.8 Å². The quantitative estimate of drug-likeness (QED) is 0.480. The van der Waals surface area contributed by atoms with Crippen LogP contribution in [0.1, 0.15) is 22.8 Å². The molecule has 1 amide bonds. The van der Waals surface area contributed by atoms with Gasteiger partial charge in [-0.1, -0.05) is 36.4 Å². The number of amides is 1. The molecule has 29 heavy (non-hydrogen) atoms. The number of aromatic nitrogens is 1. The van der Waals surface area contributed by atoms with Crippen molar-refractivity contribution < 1.29 is 14.7 Å². The maximum atomic E-state index is 12.7. The van der Waals surface area contributed by atoms with Gasteiger partial charge in [0.2, 0.25) is 5.91 Å². The Balaban J connectivity index is 1.68. The van der Waals surface area contributed by atoms with Gasteiger partial charge in [-0.05, 0) is 59.2 Å². The molecular weight excluding hydrogens is 364 g/mol. The van der Waals surface area contributed by atoms with Crippen LogP contribution in [0.4, 0.5) is 5.69 Å². The second kappa shape index (κ2) is 7.56. The second-order valence-electron chi connectivity index (χ2n) is 6.74. The number of hydrogen-bond acceptors (Lipinski definition) is 3. The summed E-state index contributed by atoms with van der Waals surface area (Å²) in [5, 5.41) is 15.0. The van der Waals surface area contributed by atoms with Crippen LogP contribution in [0.15, 0.2) is 79.0 Å². The van der Waals surface area contributed by atoms with Crippen molar-refractivity contribution >= 4 is 44.8 Å². The van der Waals surface area contributed by atoms with Gasteiger partial charge in [-0.15, -0.1) is 0 Å². The Morgan fingerprint density at radius 2 is 1.76 bits per heavy atom. The number of pyridine rings is 1. The molecule has 0 saturated heterocycles. The number of carboxylic acids is 1. The Morgan fingerprint density at radius 1 is 0.966 bits per heavy atom. The molecule has 0 saturated carbocycles. The van der Waals surface area contributed by atoms with Crippen molar-refractivity contribution in [2.75, 3.05) is 5.32 Å². The highest BCUT2D eigenvalue weighted by Crippen LogP contribution is 2.27. The number of allylic oxidation sites excluding steroid dienone is 1. The van der Waals surface area contributed by atoms with Gasteiger partial charge in [-0.3, -0.25) is 9.78 Å². The van der Waals surface area contributed by atoms with Crippen LogP contribution in [0.3, 0.4) is 0 Å². The first-order chi connectivity index (χ1) is 14.0. The Kier molecular flexibility index (Phi) is 4.79. The number of aromatic carboxylic acids is 1. The summed E-state index contributed by atoms with van der Waals surface area (Å²) in [5.41, 5.74) is 2.59. The van der Waals surface area contributed by atoms with Gasteiger partial charge in [0.25, 0.3) is 0 Å². The number of nitrogens with one attached hydrogen (secondary N) is 1. The molecule has 0 aliphatic heterocycles. The number of carbonyl (C=O) groups is 2. The van der Waals surface area contributed by atoms with E-state index in [4.69, 9.17) is 0 Å². The molecule has 0 spiro atoms. The van der Waals surface area contributed by atoms with E-state index in [1.54, 1.807) is 24.4 Å². The largest absolute Gasteiger partial charge is 0.478 e. The first kappa shape index (κ1) is 18.4. The van der Waals surface area contributed by atoms with E-state index in [9.17, 15) is 14.7 Å². The summed E-state index contributed by atoms with van der Waals surface area (Å²) in [6.45, 7) is 1.85. The molecule has 0 unspecified atom stereocenters. The molecule has 3 aromatic carbocycles. The highest BCUT2D eigenvalue weighted by molar-refractivity contribution is 6.13. The average Bonchev–Trinajstić information content (AvgIpc) is 2.73. The lowest BCUT2D eigenvalue weighted by molar-refractivity contribution is -0.111. The van der Waals surface area contributed by atoms with Gasteiger partial charge >= 0.3 is 5.97 Å². The lowest BCUT2D eigenvalue weighted by atomic mass is 10.0. The standard InChI is InChI=1S/C24H18N2O3/c1-15(17-9-8-16-5-2-3-6-18(16)14-17)13-22(27)26-23-19-7-4-12-25-21(19)11-10-20(23)24(28)29/h2-14H,1H3,(H,26,27)(H,28,29). The molecule has 2 N–H and O–H groups in total. The van der Waals surface area contributed by atoms with Crippen LogP contribution >= 0.6 is 0 Å². The summed E-state index contributed by atoms with van der Waals surface area (Å²) in [5.74, 6) is -1.50. The molecular formula is C24H18N2O3. The minimum Gasteiger partial charge on any atom is -0.478 e. The van der Waals surface area contributed by atoms with Gasteiger partial charge in [0.15, 0.2) is 0 Å². The van der Waals surface area contributed by atoms with Crippen molar-refractivity contribution in [3.8, 4) is 0 Å². The van der Waals surface area contributed by atoms with Gasteiger partial charge in [0, 0.05) is 17.7 Å². The van der Waals surface area contributed by atoms with Gasteiger partial charge < -0.3 is 10.4 Å². The molecule has 4 rings (SSSR count). The normalized spacial score (nSPS) is 11.6. The second-order valence-corrected chi connectivity index (χ2v) is 6.74. The Labute approximate surface area is 167 Å². The van der Waals surface area contributed by atoms with Crippen molar-refractivity contribution in [2.24, 2.45) is 0 Å². The van der Waals surface area contributed by atoms with Crippen molar-refractivity contribution in [1.29, 1.82) is 0 Å². The van der Waals surface area contributed by atoms with Gasteiger partial charge in [-0.2, -0.15) is 0 Å². The van der Waals surface area contributed by atoms with Crippen LogP contribution < -0.4 is 5.32 Å². The highest BCUT2D eigenvalue weighted by atomic mass is 16.4. The first-order valence-corrected chi connectivity index (χ1v) is 9.12. The van der Waals surface area contributed by atoms with E-state index >= 15 is 0 Å².